The molecule has 0 saturated carbocycles. The number of hydrogen-bond donors (Lipinski definition) is 1. The molecule has 0 amide bonds. The number of ether oxygens (including phenoxy) is 1. The minimum absolute atomic E-state index is 0.107. The van der Waals surface area contributed by atoms with Crippen molar-refractivity contribution in [3.8, 4) is 0 Å². The van der Waals surface area contributed by atoms with Crippen LogP contribution >= 0.6 is 0 Å². The fraction of sp³-hybridized carbons (Fsp3) is 0.250. The minimum Gasteiger partial charge on any atom is -0.478 e. The van der Waals surface area contributed by atoms with E-state index in [1.165, 1.54) is 12.3 Å². The molecule has 0 aliphatic heterocycles. The average molecular weight is 235 g/mol. The number of pyridine rings is 1. The van der Waals surface area contributed by atoms with Gasteiger partial charge < -0.3 is 9.84 Å². The number of rotatable bonds is 5. The molecular weight excluding hydrogens is 222 g/mol. The molecule has 0 atom stereocenters. The molecule has 1 N–H and O–H groups in total. The lowest BCUT2D eigenvalue weighted by Crippen LogP contribution is -2.08. The van der Waals surface area contributed by atoms with Gasteiger partial charge in [-0.15, -0.1) is 0 Å². The van der Waals surface area contributed by atoms with Crippen molar-refractivity contribution >= 4 is 18.0 Å². The van der Waals surface area contributed by atoms with Gasteiger partial charge in [-0.3, -0.25) is 9.78 Å². The third-order valence-corrected chi connectivity index (χ3v) is 1.99. The Bertz CT molecular complexity index is 440. The predicted molar refractivity (Wildman–Crippen MR) is 61.2 cm³/mol. The second-order valence-corrected chi connectivity index (χ2v) is 3.23. The van der Waals surface area contributed by atoms with Crippen LogP contribution in [0.15, 0.2) is 24.5 Å². The molecule has 0 radical (unpaired) electrons. The lowest BCUT2D eigenvalue weighted by molar-refractivity contribution is -0.142. The number of aromatic nitrogens is 1. The Morgan fingerprint density at radius 2 is 2.29 bits per heavy atom. The molecule has 1 aromatic heterocycles. The quantitative estimate of drug-likeness (QED) is 0.614. The van der Waals surface area contributed by atoms with Crippen LogP contribution in [0, 0.1) is 0 Å². The highest BCUT2D eigenvalue weighted by molar-refractivity contribution is 5.86. The summed E-state index contributed by atoms with van der Waals surface area (Å²) in [5.41, 5.74) is 1.29. The molecule has 5 nitrogen and oxygen atoms in total. The molecule has 0 aliphatic carbocycles. The molecule has 1 heterocycles. The molecule has 0 bridgehead atoms. The van der Waals surface area contributed by atoms with E-state index in [0.29, 0.717) is 17.7 Å². The fourth-order valence-electron chi connectivity index (χ4n) is 1.28. The van der Waals surface area contributed by atoms with E-state index in [1.807, 2.05) is 0 Å². The highest BCUT2D eigenvalue weighted by atomic mass is 16.5. The third kappa shape index (κ3) is 4.46. The van der Waals surface area contributed by atoms with Gasteiger partial charge in [0, 0.05) is 18.5 Å². The van der Waals surface area contributed by atoms with E-state index in [9.17, 15) is 9.59 Å². The van der Waals surface area contributed by atoms with Gasteiger partial charge in [-0.1, -0.05) is 0 Å². The zero-order chi connectivity index (χ0) is 12.7. The van der Waals surface area contributed by atoms with Crippen molar-refractivity contribution in [2.45, 2.75) is 13.3 Å². The molecule has 0 fully saturated rings. The van der Waals surface area contributed by atoms with Gasteiger partial charge in [-0.05, 0) is 30.2 Å². The number of nitrogens with zero attached hydrogens (tertiary/aromatic N) is 1. The van der Waals surface area contributed by atoms with Crippen LogP contribution in [0.1, 0.15) is 18.1 Å². The third-order valence-electron chi connectivity index (χ3n) is 1.99. The Balaban J connectivity index is 2.84. The number of hydrogen-bond acceptors (Lipinski definition) is 4. The zero-order valence-electron chi connectivity index (χ0n) is 9.42. The van der Waals surface area contributed by atoms with E-state index < -0.39 is 5.97 Å². The van der Waals surface area contributed by atoms with Crippen LogP contribution < -0.4 is 0 Å². The molecule has 1 rings (SSSR count). The maximum atomic E-state index is 11.3. The molecule has 5 heteroatoms. The second-order valence-electron chi connectivity index (χ2n) is 3.23. The zero-order valence-corrected chi connectivity index (χ0v) is 9.42. The monoisotopic (exact) mass is 235 g/mol. The molecule has 17 heavy (non-hydrogen) atoms. The largest absolute Gasteiger partial charge is 0.478 e. The highest BCUT2D eigenvalue weighted by Gasteiger charge is 2.07. The number of carbonyl (C=O) groups excluding carboxylic acids is 1. The first kappa shape index (κ1) is 12.9. The summed E-state index contributed by atoms with van der Waals surface area (Å²) in [7, 11) is 0. The SMILES string of the molecule is CCOC(=O)Cc1ccncc1/C=C/C(=O)O. The van der Waals surface area contributed by atoms with Crippen LogP contribution in [0.3, 0.4) is 0 Å². The summed E-state index contributed by atoms with van der Waals surface area (Å²) < 4.78 is 4.83. The summed E-state index contributed by atoms with van der Waals surface area (Å²) >= 11 is 0. The first-order chi connectivity index (χ1) is 8.13. The van der Waals surface area contributed by atoms with Crippen LogP contribution in [0.2, 0.25) is 0 Å². The van der Waals surface area contributed by atoms with Crippen LogP contribution in [-0.2, 0) is 20.7 Å². The molecule has 90 valence electrons. The number of carboxylic acids is 1. The first-order valence-electron chi connectivity index (χ1n) is 5.13. The van der Waals surface area contributed by atoms with Crippen molar-refractivity contribution in [1.29, 1.82) is 0 Å². The van der Waals surface area contributed by atoms with Gasteiger partial charge in [0.15, 0.2) is 0 Å². The Labute approximate surface area is 98.7 Å². The minimum atomic E-state index is -1.05. The summed E-state index contributed by atoms with van der Waals surface area (Å²) in [5.74, 6) is -1.39. The normalized spacial score (nSPS) is 10.4. The maximum absolute atomic E-state index is 11.3. The molecule has 0 aliphatic rings. The Hall–Kier alpha value is -2.17. The van der Waals surface area contributed by atoms with Gasteiger partial charge in [0.25, 0.3) is 0 Å². The molecule has 0 saturated heterocycles. The first-order valence-corrected chi connectivity index (χ1v) is 5.13. The van der Waals surface area contributed by atoms with E-state index in [0.717, 1.165) is 6.08 Å². The van der Waals surface area contributed by atoms with E-state index in [2.05, 4.69) is 4.98 Å². The molecule has 0 spiro atoms. The summed E-state index contributed by atoms with van der Waals surface area (Å²) in [6.07, 6.45) is 5.58. The van der Waals surface area contributed by atoms with E-state index in [1.54, 1.807) is 19.2 Å². The van der Waals surface area contributed by atoms with Crippen molar-refractivity contribution in [3.63, 3.8) is 0 Å². The van der Waals surface area contributed by atoms with Crippen molar-refractivity contribution in [2.75, 3.05) is 6.61 Å². The lowest BCUT2D eigenvalue weighted by atomic mass is 10.1. The van der Waals surface area contributed by atoms with Crippen molar-refractivity contribution in [1.82, 2.24) is 4.98 Å². The Kier molecular flexibility index (Phi) is 4.87. The number of esters is 1. The predicted octanol–water partition coefficient (Wildman–Crippen LogP) is 1.28. The van der Waals surface area contributed by atoms with Crippen molar-refractivity contribution in [2.24, 2.45) is 0 Å². The van der Waals surface area contributed by atoms with E-state index in [4.69, 9.17) is 9.84 Å². The molecule has 0 unspecified atom stereocenters. The van der Waals surface area contributed by atoms with Gasteiger partial charge in [-0.25, -0.2) is 4.79 Å². The van der Waals surface area contributed by atoms with Crippen molar-refractivity contribution in [3.05, 3.63) is 35.7 Å². The molecule has 0 aromatic carbocycles. The van der Waals surface area contributed by atoms with Crippen molar-refractivity contribution < 1.29 is 19.4 Å². The van der Waals surface area contributed by atoms with Crippen LogP contribution in [0.25, 0.3) is 6.08 Å². The number of carbonyl (C=O) groups is 2. The number of aliphatic carboxylic acids is 1. The number of carboxylic acid groups (broad SMARTS) is 1. The molecule has 1 aromatic rings. The van der Waals surface area contributed by atoms with Gasteiger partial charge >= 0.3 is 11.9 Å². The molecular formula is C12H13NO4. The van der Waals surface area contributed by atoms with E-state index in [-0.39, 0.29) is 12.4 Å². The van der Waals surface area contributed by atoms with E-state index >= 15 is 0 Å². The van der Waals surface area contributed by atoms with Gasteiger partial charge in [-0.2, -0.15) is 0 Å². The summed E-state index contributed by atoms with van der Waals surface area (Å²) in [6.45, 7) is 2.06. The standard InChI is InChI=1S/C12H13NO4/c1-2-17-12(16)7-9-5-6-13-8-10(9)3-4-11(14)15/h3-6,8H,2,7H2,1H3,(H,14,15)/b4-3+. The van der Waals surface area contributed by atoms with Gasteiger partial charge in [0.1, 0.15) is 0 Å². The summed E-state index contributed by atoms with van der Waals surface area (Å²) in [5, 5.41) is 8.53. The second kappa shape index (κ2) is 6.42. The Morgan fingerprint density at radius 1 is 1.53 bits per heavy atom. The van der Waals surface area contributed by atoms with Gasteiger partial charge in [0.05, 0.1) is 13.0 Å². The maximum Gasteiger partial charge on any atom is 0.328 e. The average Bonchev–Trinajstić information content (AvgIpc) is 2.28. The fourth-order valence-corrected chi connectivity index (χ4v) is 1.28. The summed E-state index contributed by atoms with van der Waals surface area (Å²) in [4.78, 5) is 25.6. The summed E-state index contributed by atoms with van der Waals surface area (Å²) in [6, 6.07) is 1.67. The smallest absolute Gasteiger partial charge is 0.328 e. The highest BCUT2D eigenvalue weighted by Crippen LogP contribution is 2.10. The lowest BCUT2D eigenvalue weighted by Gasteiger charge is -2.04. The van der Waals surface area contributed by atoms with Crippen LogP contribution in [0.4, 0.5) is 0 Å². The van der Waals surface area contributed by atoms with Gasteiger partial charge in [0.2, 0.25) is 0 Å². The Morgan fingerprint density at radius 3 is 2.94 bits per heavy atom. The van der Waals surface area contributed by atoms with Crippen LogP contribution in [-0.4, -0.2) is 28.6 Å². The van der Waals surface area contributed by atoms with Crippen LogP contribution in [0.5, 0.6) is 0 Å². The topological polar surface area (TPSA) is 76.5 Å².